The molecule has 0 aromatic heterocycles. The largest absolute Gasteiger partial charge is 0.463 e. The van der Waals surface area contributed by atoms with Gasteiger partial charge in [0.2, 0.25) is 0 Å². The number of amides is 2. The van der Waals surface area contributed by atoms with Gasteiger partial charge < -0.3 is 15.4 Å². The fourth-order valence-corrected chi connectivity index (χ4v) is 3.89. The van der Waals surface area contributed by atoms with E-state index in [1.54, 1.807) is 43.3 Å². The van der Waals surface area contributed by atoms with Crippen molar-refractivity contribution >= 4 is 47.0 Å². The minimum Gasteiger partial charge on any atom is -0.463 e. The molecule has 2 N–H and O–H groups in total. The number of carbonyl (C=O) groups is 2. The van der Waals surface area contributed by atoms with E-state index < -0.39 is 12.0 Å². The van der Waals surface area contributed by atoms with Gasteiger partial charge in [-0.2, -0.15) is 0 Å². The molecule has 1 atom stereocenters. The molecule has 0 radical (unpaired) electrons. The molecule has 2 aromatic rings. The number of hydrogen-bond acceptors (Lipinski definition) is 4. The van der Waals surface area contributed by atoms with E-state index in [1.165, 1.54) is 11.8 Å². The maximum atomic E-state index is 12.7. The molecule has 1 aliphatic heterocycles. The molecule has 3 rings (SSSR count). The lowest BCUT2D eigenvalue weighted by atomic mass is 9.95. The molecular formula is C20H18Cl2N2O3S. The summed E-state index contributed by atoms with van der Waals surface area (Å²) in [4.78, 5) is 25.9. The summed E-state index contributed by atoms with van der Waals surface area (Å²) in [5, 5.41) is 6.77. The maximum Gasteiger partial charge on any atom is 0.338 e. The second kappa shape index (κ2) is 9.37. The number of rotatable bonds is 6. The predicted octanol–water partition coefficient (Wildman–Crippen LogP) is 4.96. The molecule has 2 aromatic carbocycles. The predicted molar refractivity (Wildman–Crippen MR) is 112 cm³/mol. The molecule has 0 spiro atoms. The van der Waals surface area contributed by atoms with Gasteiger partial charge in [-0.3, -0.25) is 0 Å². The summed E-state index contributed by atoms with van der Waals surface area (Å²) < 4.78 is 5.25. The van der Waals surface area contributed by atoms with E-state index in [4.69, 9.17) is 27.9 Å². The number of thioether (sulfide) groups is 1. The zero-order valence-corrected chi connectivity index (χ0v) is 17.3. The molecule has 0 fully saturated rings. The third-order valence-corrected chi connectivity index (χ3v) is 5.59. The summed E-state index contributed by atoms with van der Waals surface area (Å²) in [6.45, 7) is 1.98. The Hall–Kier alpha value is -2.15. The van der Waals surface area contributed by atoms with Crippen LogP contribution in [0.1, 0.15) is 18.5 Å². The quantitative estimate of drug-likeness (QED) is 0.496. The monoisotopic (exact) mass is 436 g/mol. The molecular weight excluding hydrogens is 419 g/mol. The van der Waals surface area contributed by atoms with Crippen LogP contribution in [0.5, 0.6) is 0 Å². The Morgan fingerprint density at radius 3 is 2.29 bits per heavy atom. The molecule has 2 amide bonds. The van der Waals surface area contributed by atoms with E-state index >= 15 is 0 Å². The zero-order valence-electron chi connectivity index (χ0n) is 15.0. The van der Waals surface area contributed by atoms with Crippen LogP contribution in [0.15, 0.2) is 64.7 Å². The minimum atomic E-state index is -0.620. The first kappa shape index (κ1) is 20.6. The molecule has 28 heavy (non-hydrogen) atoms. The van der Waals surface area contributed by atoms with Crippen LogP contribution in [0.3, 0.4) is 0 Å². The SMILES string of the molecule is CCOC(=O)C1=C(CSc2ccc(Cl)cc2)NC(=O)N[C@@H]1c1ccc(Cl)cc1. The molecule has 1 aliphatic rings. The number of benzene rings is 2. The normalized spacial score (nSPS) is 16.4. The van der Waals surface area contributed by atoms with Crippen LogP contribution >= 0.6 is 35.0 Å². The van der Waals surface area contributed by atoms with E-state index in [1.807, 2.05) is 12.1 Å². The number of ether oxygens (including phenoxy) is 1. The highest BCUT2D eigenvalue weighted by Gasteiger charge is 2.33. The van der Waals surface area contributed by atoms with Gasteiger partial charge in [-0.15, -0.1) is 11.8 Å². The average molecular weight is 437 g/mol. The molecule has 5 nitrogen and oxygen atoms in total. The van der Waals surface area contributed by atoms with Crippen LogP contribution in [0, 0.1) is 0 Å². The number of nitrogens with one attached hydrogen (secondary N) is 2. The van der Waals surface area contributed by atoms with Crippen LogP contribution in [0.25, 0.3) is 0 Å². The number of hydrogen-bond donors (Lipinski definition) is 2. The van der Waals surface area contributed by atoms with E-state index in [9.17, 15) is 9.59 Å². The number of esters is 1. The van der Waals surface area contributed by atoms with Crippen molar-refractivity contribution in [1.82, 2.24) is 10.6 Å². The molecule has 1 heterocycles. The fourth-order valence-electron chi connectivity index (χ4n) is 2.77. The van der Waals surface area contributed by atoms with Crippen molar-refractivity contribution in [2.24, 2.45) is 0 Å². The molecule has 0 saturated heterocycles. The lowest BCUT2D eigenvalue weighted by molar-refractivity contribution is -0.139. The Kier molecular flexibility index (Phi) is 6.88. The van der Waals surface area contributed by atoms with E-state index in [0.717, 1.165) is 10.5 Å². The van der Waals surface area contributed by atoms with Crippen molar-refractivity contribution in [2.45, 2.75) is 17.9 Å². The first-order chi connectivity index (χ1) is 13.5. The van der Waals surface area contributed by atoms with Gasteiger partial charge in [0, 0.05) is 26.4 Å². The summed E-state index contributed by atoms with van der Waals surface area (Å²) in [5.41, 5.74) is 1.64. The van der Waals surface area contributed by atoms with E-state index in [2.05, 4.69) is 10.6 Å². The summed E-state index contributed by atoms with van der Waals surface area (Å²) in [6.07, 6.45) is 0. The molecule has 0 saturated carbocycles. The third-order valence-electron chi connectivity index (χ3n) is 4.05. The Labute approximate surface area is 177 Å². The highest BCUT2D eigenvalue weighted by Crippen LogP contribution is 2.31. The number of halogens is 2. The Balaban J connectivity index is 1.94. The summed E-state index contributed by atoms with van der Waals surface area (Å²) >= 11 is 13.4. The maximum absolute atomic E-state index is 12.7. The smallest absolute Gasteiger partial charge is 0.338 e. The molecule has 0 unspecified atom stereocenters. The Bertz CT molecular complexity index is 899. The average Bonchev–Trinajstić information content (AvgIpc) is 2.68. The van der Waals surface area contributed by atoms with Crippen molar-refractivity contribution in [2.75, 3.05) is 12.4 Å². The van der Waals surface area contributed by atoms with Crippen molar-refractivity contribution < 1.29 is 14.3 Å². The van der Waals surface area contributed by atoms with E-state index in [-0.39, 0.29) is 12.6 Å². The molecule has 0 bridgehead atoms. The first-order valence-corrected chi connectivity index (χ1v) is 10.3. The van der Waals surface area contributed by atoms with E-state index in [0.29, 0.717) is 27.1 Å². The van der Waals surface area contributed by atoms with Crippen LogP contribution in [-0.4, -0.2) is 24.4 Å². The van der Waals surface area contributed by atoms with Gasteiger partial charge in [-0.05, 0) is 48.9 Å². The second-order valence-corrected chi connectivity index (χ2v) is 7.86. The first-order valence-electron chi connectivity index (χ1n) is 8.59. The topological polar surface area (TPSA) is 67.4 Å². The van der Waals surface area contributed by atoms with Crippen molar-refractivity contribution in [3.05, 3.63) is 75.4 Å². The molecule has 146 valence electrons. The number of urea groups is 1. The van der Waals surface area contributed by atoms with Crippen LogP contribution in [0.4, 0.5) is 4.79 Å². The highest BCUT2D eigenvalue weighted by atomic mass is 35.5. The van der Waals surface area contributed by atoms with Crippen molar-refractivity contribution in [3.63, 3.8) is 0 Å². The Morgan fingerprint density at radius 1 is 1.07 bits per heavy atom. The molecule has 8 heteroatoms. The van der Waals surface area contributed by atoms with Gasteiger partial charge in [0.1, 0.15) is 0 Å². The van der Waals surface area contributed by atoms with Gasteiger partial charge in [0.05, 0.1) is 18.2 Å². The number of carbonyl (C=O) groups excluding carboxylic acids is 2. The summed E-state index contributed by atoms with van der Waals surface area (Å²) in [7, 11) is 0. The van der Waals surface area contributed by atoms with Gasteiger partial charge in [0.15, 0.2) is 0 Å². The molecule has 0 aliphatic carbocycles. The summed E-state index contributed by atoms with van der Waals surface area (Å²) in [6, 6.07) is 13.4. The van der Waals surface area contributed by atoms with Crippen LogP contribution < -0.4 is 10.6 Å². The lowest BCUT2D eigenvalue weighted by Crippen LogP contribution is -2.46. The standard InChI is InChI=1S/C20H18Cl2N2O3S/c1-2-27-19(25)17-16(11-28-15-9-7-14(22)8-10-15)23-20(26)24-18(17)12-3-5-13(21)6-4-12/h3-10,18H,2,11H2,1H3,(H2,23,24,26)/t18-/m1/s1. The van der Waals surface area contributed by atoms with Gasteiger partial charge in [-0.1, -0.05) is 35.3 Å². The zero-order chi connectivity index (χ0) is 20.1. The minimum absolute atomic E-state index is 0.237. The van der Waals surface area contributed by atoms with Crippen molar-refractivity contribution in [3.8, 4) is 0 Å². The summed E-state index contributed by atoms with van der Waals surface area (Å²) in [5.74, 6) is -0.0746. The van der Waals surface area contributed by atoms with Gasteiger partial charge in [0.25, 0.3) is 0 Å². The van der Waals surface area contributed by atoms with Crippen molar-refractivity contribution in [1.29, 1.82) is 0 Å². The fraction of sp³-hybridized carbons (Fsp3) is 0.200. The Morgan fingerprint density at radius 2 is 1.68 bits per heavy atom. The van der Waals surface area contributed by atoms with Crippen LogP contribution in [0.2, 0.25) is 10.0 Å². The van der Waals surface area contributed by atoms with Gasteiger partial charge in [-0.25, -0.2) is 9.59 Å². The second-order valence-electron chi connectivity index (χ2n) is 5.94. The van der Waals surface area contributed by atoms with Crippen LogP contribution in [-0.2, 0) is 9.53 Å². The highest BCUT2D eigenvalue weighted by molar-refractivity contribution is 7.99. The third kappa shape index (κ3) is 5.01. The van der Waals surface area contributed by atoms with Gasteiger partial charge >= 0.3 is 12.0 Å². The lowest BCUT2D eigenvalue weighted by Gasteiger charge is -2.29.